The second-order valence-corrected chi connectivity index (χ2v) is 4.72. The molecule has 0 saturated carbocycles. The van der Waals surface area contributed by atoms with Gasteiger partial charge in [0.25, 0.3) is 0 Å². The summed E-state index contributed by atoms with van der Waals surface area (Å²) in [5, 5.41) is 8.42. The Morgan fingerprint density at radius 2 is 2.24 bits per heavy atom. The first kappa shape index (κ1) is 12.7. The van der Waals surface area contributed by atoms with Crippen molar-refractivity contribution in [3.63, 3.8) is 0 Å². The van der Waals surface area contributed by atoms with Crippen molar-refractivity contribution in [1.29, 1.82) is 0 Å². The molecule has 17 heavy (non-hydrogen) atoms. The average Bonchev–Trinajstić information content (AvgIpc) is 2.79. The number of nitrogens with one attached hydrogen (secondary N) is 1. The number of rotatable bonds is 4. The molecule has 1 aliphatic heterocycles. The lowest BCUT2D eigenvalue weighted by Gasteiger charge is -2.07. The van der Waals surface area contributed by atoms with E-state index in [0.29, 0.717) is 10.0 Å². The van der Waals surface area contributed by atoms with Crippen molar-refractivity contribution in [1.82, 2.24) is 5.32 Å². The maximum atomic E-state index is 5.97. The molecular formula is C12H14Cl2N2O. The van der Waals surface area contributed by atoms with Gasteiger partial charge in [0.1, 0.15) is 6.10 Å². The lowest BCUT2D eigenvalue weighted by Crippen LogP contribution is -2.26. The van der Waals surface area contributed by atoms with Crippen molar-refractivity contribution in [2.75, 3.05) is 13.1 Å². The van der Waals surface area contributed by atoms with Crippen LogP contribution in [0.4, 0.5) is 0 Å². The third kappa shape index (κ3) is 3.12. The highest BCUT2D eigenvalue weighted by Crippen LogP contribution is 2.25. The third-order valence-electron chi connectivity index (χ3n) is 2.61. The van der Waals surface area contributed by atoms with Crippen LogP contribution < -0.4 is 5.32 Å². The molecule has 1 aliphatic rings. The molecule has 1 N–H and O–H groups in total. The normalized spacial score (nSPS) is 19.0. The van der Waals surface area contributed by atoms with Crippen LogP contribution in [-0.2, 0) is 4.84 Å². The van der Waals surface area contributed by atoms with Gasteiger partial charge in [0, 0.05) is 18.5 Å². The second-order valence-electron chi connectivity index (χ2n) is 3.91. The fourth-order valence-corrected chi connectivity index (χ4v) is 1.99. The Hall–Kier alpha value is -0.770. The fraction of sp³-hybridized carbons (Fsp3) is 0.417. The maximum absolute atomic E-state index is 5.97. The van der Waals surface area contributed by atoms with Crippen molar-refractivity contribution < 1.29 is 4.84 Å². The van der Waals surface area contributed by atoms with Crippen LogP contribution in [0.3, 0.4) is 0 Å². The minimum atomic E-state index is 0.111. The predicted molar refractivity (Wildman–Crippen MR) is 71.0 cm³/mol. The Bertz CT molecular complexity index is 435. The van der Waals surface area contributed by atoms with Gasteiger partial charge in [-0.15, -0.1) is 0 Å². The predicted octanol–water partition coefficient (Wildman–Crippen LogP) is 3.10. The van der Waals surface area contributed by atoms with E-state index in [1.807, 2.05) is 12.1 Å². The van der Waals surface area contributed by atoms with Crippen molar-refractivity contribution >= 4 is 28.9 Å². The molecular weight excluding hydrogens is 259 g/mol. The highest BCUT2D eigenvalue weighted by Gasteiger charge is 2.21. The summed E-state index contributed by atoms with van der Waals surface area (Å²) in [6, 6.07) is 5.51. The SMILES string of the molecule is CCNCC1CC(c2ccc(Cl)c(Cl)c2)=NO1. The van der Waals surface area contributed by atoms with Crippen LogP contribution in [0.1, 0.15) is 18.9 Å². The summed E-state index contributed by atoms with van der Waals surface area (Å²) in [6.07, 6.45) is 0.907. The van der Waals surface area contributed by atoms with Crippen LogP contribution in [-0.4, -0.2) is 24.9 Å². The van der Waals surface area contributed by atoms with Gasteiger partial charge in [0.05, 0.1) is 15.8 Å². The number of oxime groups is 1. The van der Waals surface area contributed by atoms with Crippen LogP contribution >= 0.6 is 23.2 Å². The van der Waals surface area contributed by atoms with Crippen molar-refractivity contribution in [3.8, 4) is 0 Å². The summed E-state index contributed by atoms with van der Waals surface area (Å²) < 4.78 is 0. The Labute approximate surface area is 111 Å². The first-order chi connectivity index (χ1) is 8.20. The first-order valence-corrected chi connectivity index (χ1v) is 6.35. The number of benzene rings is 1. The summed E-state index contributed by atoms with van der Waals surface area (Å²) in [5.74, 6) is 0. The summed E-state index contributed by atoms with van der Waals surface area (Å²) >= 11 is 11.8. The largest absolute Gasteiger partial charge is 0.390 e. The molecule has 0 radical (unpaired) electrons. The van der Waals surface area contributed by atoms with Gasteiger partial charge in [0.2, 0.25) is 0 Å². The van der Waals surface area contributed by atoms with Crippen LogP contribution in [0.15, 0.2) is 23.4 Å². The number of likely N-dealkylation sites (N-methyl/N-ethyl adjacent to an activating group) is 1. The quantitative estimate of drug-likeness (QED) is 0.914. The van der Waals surface area contributed by atoms with E-state index in [4.69, 9.17) is 28.0 Å². The number of hydrogen-bond acceptors (Lipinski definition) is 3. The van der Waals surface area contributed by atoms with Crippen LogP contribution in [0.25, 0.3) is 0 Å². The molecule has 1 aromatic carbocycles. The van der Waals surface area contributed by atoms with Gasteiger partial charge in [0.15, 0.2) is 0 Å². The summed E-state index contributed by atoms with van der Waals surface area (Å²) in [5.41, 5.74) is 1.89. The zero-order chi connectivity index (χ0) is 12.3. The Morgan fingerprint density at radius 1 is 1.41 bits per heavy atom. The highest BCUT2D eigenvalue weighted by molar-refractivity contribution is 6.42. The van der Waals surface area contributed by atoms with Crippen LogP contribution in [0, 0.1) is 0 Å². The maximum Gasteiger partial charge on any atom is 0.145 e. The van der Waals surface area contributed by atoms with Crippen LogP contribution in [0.5, 0.6) is 0 Å². The number of halogens is 2. The van der Waals surface area contributed by atoms with E-state index in [1.165, 1.54) is 0 Å². The molecule has 5 heteroatoms. The summed E-state index contributed by atoms with van der Waals surface area (Å²) in [4.78, 5) is 5.34. The molecule has 0 amide bonds. The standard InChI is InChI=1S/C12H14Cl2N2O/c1-2-15-7-9-6-12(16-17-9)8-3-4-10(13)11(14)5-8/h3-5,9,15H,2,6-7H2,1H3. The molecule has 1 aromatic rings. The number of nitrogens with zero attached hydrogens (tertiary/aromatic N) is 1. The van der Waals surface area contributed by atoms with E-state index < -0.39 is 0 Å². The summed E-state index contributed by atoms with van der Waals surface area (Å²) in [6.45, 7) is 3.81. The van der Waals surface area contributed by atoms with E-state index in [0.717, 1.165) is 30.8 Å². The van der Waals surface area contributed by atoms with Gasteiger partial charge in [-0.25, -0.2) is 0 Å². The Kier molecular flexibility index (Phi) is 4.26. The molecule has 3 nitrogen and oxygen atoms in total. The van der Waals surface area contributed by atoms with E-state index in [-0.39, 0.29) is 6.10 Å². The lowest BCUT2D eigenvalue weighted by molar-refractivity contribution is 0.0855. The van der Waals surface area contributed by atoms with Gasteiger partial charge in [-0.05, 0) is 18.7 Å². The Balaban J connectivity index is 2.02. The topological polar surface area (TPSA) is 33.6 Å². The zero-order valence-electron chi connectivity index (χ0n) is 9.54. The van der Waals surface area contributed by atoms with E-state index in [9.17, 15) is 0 Å². The van der Waals surface area contributed by atoms with Gasteiger partial charge in [-0.1, -0.05) is 41.3 Å². The molecule has 1 atom stereocenters. The number of hydrogen-bond donors (Lipinski definition) is 1. The smallest absolute Gasteiger partial charge is 0.145 e. The van der Waals surface area contributed by atoms with Crippen molar-refractivity contribution in [2.45, 2.75) is 19.4 Å². The molecule has 1 unspecified atom stereocenters. The average molecular weight is 273 g/mol. The van der Waals surface area contributed by atoms with Gasteiger partial charge in [-0.3, -0.25) is 0 Å². The minimum Gasteiger partial charge on any atom is -0.390 e. The Morgan fingerprint density at radius 3 is 2.94 bits per heavy atom. The van der Waals surface area contributed by atoms with Gasteiger partial charge >= 0.3 is 0 Å². The fourth-order valence-electron chi connectivity index (χ4n) is 1.69. The van der Waals surface area contributed by atoms with Gasteiger partial charge < -0.3 is 10.2 Å². The third-order valence-corrected chi connectivity index (χ3v) is 3.35. The second kappa shape index (κ2) is 5.71. The molecule has 0 saturated heterocycles. The molecule has 2 rings (SSSR count). The molecule has 1 heterocycles. The minimum absolute atomic E-state index is 0.111. The first-order valence-electron chi connectivity index (χ1n) is 5.59. The van der Waals surface area contributed by atoms with Crippen LogP contribution in [0.2, 0.25) is 10.0 Å². The molecule has 0 fully saturated rings. The van der Waals surface area contributed by atoms with Crippen molar-refractivity contribution in [3.05, 3.63) is 33.8 Å². The van der Waals surface area contributed by atoms with Gasteiger partial charge in [-0.2, -0.15) is 0 Å². The van der Waals surface area contributed by atoms with E-state index in [2.05, 4.69) is 17.4 Å². The lowest BCUT2D eigenvalue weighted by atomic mass is 10.1. The van der Waals surface area contributed by atoms with E-state index >= 15 is 0 Å². The molecule has 92 valence electrons. The zero-order valence-corrected chi connectivity index (χ0v) is 11.1. The monoisotopic (exact) mass is 272 g/mol. The molecule has 0 spiro atoms. The van der Waals surface area contributed by atoms with Crippen molar-refractivity contribution in [2.24, 2.45) is 5.16 Å². The van der Waals surface area contributed by atoms with E-state index in [1.54, 1.807) is 6.07 Å². The summed E-state index contributed by atoms with van der Waals surface area (Å²) in [7, 11) is 0. The highest BCUT2D eigenvalue weighted by atomic mass is 35.5. The molecule has 0 bridgehead atoms. The molecule has 0 aliphatic carbocycles. The molecule has 0 aromatic heterocycles.